The zero-order valence-electron chi connectivity index (χ0n) is 17.7. The summed E-state index contributed by atoms with van der Waals surface area (Å²) in [7, 11) is 0. The first-order chi connectivity index (χ1) is 15.4. The van der Waals surface area contributed by atoms with Crippen LogP contribution < -0.4 is 9.64 Å². The average Bonchev–Trinajstić information content (AvgIpc) is 2.85. The highest BCUT2D eigenvalue weighted by atomic mass is 16.5. The van der Waals surface area contributed by atoms with Gasteiger partial charge in [-0.3, -0.25) is 4.90 Å². The predicted octanol–water partition coefficient (Wildman–Crippen LogP) is 2.84. The van der Waals surface area contributed by atoms with Crippen LogP contribution in [0, 0.1) is 0 Å². The summed E-state index contributed by atoms with van der Waals surface area (Å²) in [6.45, 7) is 7.93. The molecule has 3 heterocycles. The maximum Gasteiger partial charge on any atom is 0.318 e. The van der Waals surface area contributed by atoms with Crippen LogP contribution in [0.25, 0.3) is 22.0 Å². The Labute approximate surface area is 182 Å². The van der Waals surface area contributed by atoms with Crippen LogP contribution in [0.3, 0.4) is 0 Å². The molecule has 2 saturated heterocycles. The maximum absolute atomic E-state index is 6.00. The van der Waals surface area contributed by atoms with E-state index in [1.165, 1.54) is 5.56 Å². The van der Waals surface area contributed by atoms with Crippen molar-refractivity contribution in [2.45, 2.75) is 0 Å². The van der Waals surface area contributed by atoms with E-state index in [9.17, 15) is 0 Å². The Balaban J connectivity index is 1.43. The lowest BCUT2D eigenvalue weighted by Gasteiger charge is -2.29. The minimum atomic E-state index is 0.440. The Bertz CT molecular complexity index is 1000. The third-order valence-electron chi connectivity index (χ3n) is 5.82. The van der Waals surface area contributed by atoms with E-state index in [0.717, 1.165) is 68.2 Å². The van der Waals surface area contributed by atoms with Crippen LogP contribution in [0.5, 0.6) is 6.01 Å². The number of benzene rings is 2. The standard InChI is InChI=1S/C24H28N4O3/c1-2-4-19(5-3-1)20-6-7-22-21(18-20)23(28-11-15-30-16-12-28)26-24(25-22)31-17-10-27-8-13-29-14-9-27/h1-7,18H,8-17H2. The van der Waals surface area contributed by atoms with Crippen molar-refractivity contribution in [1.82, 2.24) is 14.9 Å². The van der Waals surface area contributed by atoms with Gasteiger partial charge in [0, 0.05) is 38.1 Å². The number of nitrogens with zero attached hydrogens (tertiary/aromatic N) is 4. The molecule has 0 amide bonds. The van der Waals surface area contributed by atoms with Gasteiger partial charge in [-0.05, 0) is 23.3 Å². The molecule has 2 aromatic carbocycles. The number of rotatable bonds is 6. The van der Waals surface area contributed by atoms with Crippen molar-refractivity contribution < 1.29 is 14.2 Å². The fourth-order valence-corrected chi connectivity index (χ4v) is 4.07. The van der Waals surface area contributed by atoms with Crippen LogP contribution in [0.4, 0.5) is 5.82 Å². The summed E-state index contributed by atoms with van der Waals surface area (Å²) >= 11 is 0. The van der Waals surface area contributed by atoms with Crippen molar-refractivity contribution in [1.29, 1.82) is 0 Å². The molecule has 0 saturated carbocycles. The van der Waals surface area contributed by atoms with Crippen molar-refractivity contribution in [3.8, 4) is 17.1 Å². The molecule has 2 aliphatic heterocycles. The number of hydrogen-bond donors (Lipinski definition) is 0. The molecule has 0 spiro atoms. The van der Waals surface area contributed by atoms with Crippen LogP contribution in [0.2, 0.25) is 0 Å². The van der Waals surface area contributed by atoms with Gasteiger partial charge < -0.3 is 19.1 Å². The van der Waals surface area contributed by atoms with Crippen LogP contribution in [-0.4, -0.2) is 80.6 Å². The zero-order chi connectivity index (χ0) is 20.9. The lowest BCUT2D eigenvalue weighted by Crippen LogP contribution is -2.39. The van der Waals surface area contributed by atoms with Gasteiger partial charge in [-0.15, -0.1) is 0 Å². The first-order valence-electron chi connectivity index (χ1n) is 11.0. The molecule has 31 heavy (non-hydrogen) atoms. The molecular weight excluding hydrogens is 392 g/mol. The molecule has 0 unspecified atom stereocenters. The first-order valence-corrected chi connectivity index (χ1v) is 11.0. The second-order valence-corrected chi connectivity index (χ2v) is 7.83. The molecule has 7 nitrogen and oxygen atoms in total. The topological polar surface area (TPSA) is 60.0 Å². The summed E-state index contributed by atoms with van der Waals surface area (Å²) in [6.07, 6.45) is 0. The van der Waals surface area contributed by atoms with Gasteiger partial charge in [0.25, 0.3) is 0 Å². The Morgan fingerprint density at radius 1 is 0.806 bits per heavy atom. The van der Waals surface area contributed by atoms with Gasteiger partial charge in [-0.25, -0.2) is 0 Å². The van der Waals surface area contributed by atoms with E-state index in [1.807, 2.05) is 6.07 Å². The van der Waals surface area contributed by atoms with Crippen molar-refractivity contribution in [3.63, 3.8) is 0 Å². The predicted molar refractivity (Wildman–Crippen MR) is 121 cm³/mol. The van der Waals surface area contributed by atoms with Crippen molar-refractivity contribution >= 4 is 16.7 Å². The number of fused-ring (bicyclic) bond motifs is 1. The number of morpholine rings is 2. The minimum absolute atomic E-state index is 0.440. The van der Waals surface area contributed by atoms with Crippen molar-refractivity contribution in [3.05, 3.63) is 48.5 Å². The summed E-state index contributed by atoms with van der Waals surface area (Å²) in [5.41, 5.74) is 3.24. The Kier molecular flexibility index (Phi) is 6.25. The Morgan fingerprint density at radius 3 is 2.32 bits per heavy atom. The van der Waals surface area contributed by atoms with E-state index in [4.69, 9.17) is 24.2 Å². The molecule has 7 heteroatoms. The van der Waals surface area contributed by atoms with E-state index in [-0.39, 0.29) is 0 Å². The molecule has 2 aliphatic rings. The van der Waals surface area contributed by atoms with Crippen molar-refractivity contribution in [2.75, 3.05) is 70.7 Å². The van der Waals surface area contributed by atoms with E-state index >= 15 is 0 Å². The van der Waals surface area contributed by atoms with Crippen LogP contribution >= 0.6 is 0 Å². The minimum Gasteiger partial charge on any atom is -0.462 e. The molecule has 1 aromatic heterocycles. The molecule has 0 N–H and O–H groups in total. The lowest BCUT2D eigenvalue weighted by molar-refractivity contribution is 0.0317. The smallest absolute Gasteiger partial charge is 0.318 e. The summed E-state index contributed by atoms with van der Waals surface area (Å²) in [5, 5.41) is 1.05. The number of hydrogen-bond acceptors (Lipinski definition) is 7. The quantitative estimate of drug-likeness (QED) is 0.608. The Morgan fingerprint density at radius 2 is 1.55 bits per heavy atom. The number of aromatic nitrogens is 2. The molecule has 5 rings (SSSR count). The second-order valence-electron chi connectivity index (χ2n) is 7.83. The number of ether oxygens (including phenoxy) is 3. The molecule has 162 valence electrons. The first kappa shape index (κ1) is 20.2. The van der Waals surface area contributed by atoms with Crippen LogP contribution in [0.15, 0.2) is 48.5 Å². The molecule has 0 bridgehead atoms. The summed E-state index contributed by atoms with van der Waals surface area (Å²) < 4.78 is 17.0. The second kappa shape index (κ2) is 9.60. The van der Waals surface area contributed by atoms with Crippen LogP contribution in [-0.2, 0) is 9.47 Å². The normalized spacial score (nSPS) is 17.7. The van der Waals surface area contributed by atoms with Gasteiger partial charge in [0.1, 0.15) is 12.4 Å². The van der Waals surface area contributed by atoms with Gasteiger partial charge >= 0.3 is 6.01 Å². The van der Waals surface area contributed by atoms with E-state index < -0.39 is 0 Å². The maximum atomic E-state index is 6.00. The SMILES string of the molecule is c1ccc(-c2ccc3nc(OCCN4CCOCC4)nc(N4CCOCC4)c3c2)cc1. The third-order valence-corrected chi connectivity index (χ3v) is 5.82. The molecule has 2 fully saturated rings. The summed E-state index contributed by atoms with van der Waals surface area (Å²) in [4.78, 5) is 14.2. The fraction of sp³-hybridized carbons (Fsp3) is 0.417. The van der Waals surface area contributed by atoms with Gasteiger partial charge in [0.05, 0.1) is 31.9 Å². The molecule has 0 radical (unpaired) electrons. The zero-order valence-corrected chi connectivity index (χ0v) is 17.7. The van der Waals surface area contributed by atoms with Crippen LogP contribution in [0.1, 0.15) is 0 Å². The van der Waals surface area contributed by atoms with E-state index in [1.54, 1.807) is 0 Å². The van der Waals surface area contributed by atoms with Gasteiger partial charge in [0.15, 0.2) is 0 Å². The van der Waals surface area contributed by atoms with Gasteiger partial charge in [-0.1, -0.05) is 36.4 Å². The lowest BCUT2D eigenvalue weighted by atomic mass is 10.0. The van der Waals surface area contributed by atoms with Gasteiger partial charge in [0.2, 0.25) is 0 Å². The summed E-state index contributed by atoms with van der Waals surface area (Å²) in [6, 6.07) is 17.2. The van der Waals surface area contributed by atoms with E-state index in [0.29, 0.717) is 25.8 Å². The highest BCUT2D eigenvalue weighted by molar-refractivity contribution is 5.93. The largest absolute Gasteiger partial charge is 0.462 e. The molecule has 0 atom stereocenters. The molecular formula is C24H28N4O3. The molecule has 0 aliphatic carbocycles. The monoisotopic (exact) mass is 420 g/mol. The number of anilines is 1. The Hall–Kier alpha value is -2.74. The molecule has 3 aromatic rings. The fourth-order valence-electron chi connectivity index (χ4n) is 4.07. The highest BCUT2D eigenvalue weighted by Crippen LogP contribution is 2.31. The van der Waals surface area contributed by atoms with Gasteiger partial charge in [-0.2, -0.15) is 9.97 Å². The van der Waals surface area contributed by atoms with Crippen molar-refractivity contribution in [2.24, 2.45) is 0 Å². The highest BCUT2D eigenvalue weighted by Gasteiger charge is 2.19. The summed E-state index contributed by atoms with van der Waals surface area (Å²) in [5.74, 6) is 0.924. The van der Waals surface area contributed by atoms with E-state index in [2.05, 4.69) is 52.3 Å². The third kappa shape index (κ3) is 4.79. The average molecular weight is 421 g/mol.